The molecule has 0 saturated heterocycles. The molecule has 1 heterocycles. The van der Waals surface area contributed by atoms with Gasteiger partial charge in [0, 0.05) is 5.56 Å². The molecule has 2 N–H and O–H groups in total. The Balaban J connectivity index is 2.01. The average molecular weight is 285 g/mol. The van der Waals surface area contributed by atoms with Gasteiger partial charge in [0.2, 0.25) is 5.89 Å². The number of nitrogens with two attached hydrogens (primary N) is 1. The SMILES string of the molecule is Nc1nnc(-c2ccc3ccc4cccc5ccc2c3c45)o1. The molecule has 0 radical (unpaired) electrons. The predicted molar refractivity (Wildman–Crippen MR) is 87.9 cm³/mol. The Morgan fingerprint density at radius 2 is 1.41 bits per heavy atom. The average Bonchev–Trinajstić information content (AvgIpc) is 2.99. The van der Waals surface area contributed by atoms with Crippen LogP contribution in [0.4, 0.5) is 6.01 Å². The summed E-state index contributed by atoms with van der Waals surface area (Å²) in [6.07, 6.45) is 0. The molecule has 0 fully saturated rings. The lowest BCUT2D eigenvalue weighted by atomic mass is 9.92. The summed E-state index contributed by atoms with van der Waals surface area (Å²) >= 11 is 0. The topological polar surface area (TPSA) is 64.9 Å². The largest absolute Gasteiger partial charge is 0.404 e. The van der Waals surface area contributed by atoms with Gasteiger partial charge in [0.1, 0.15) is 0 Å². The van der Waals surface area contributed by atoms with Gasteiger partial charge in [0.25, 0.3) is 0 Å². The van der Waals surface area contributed by atoms with Crippen molar-refractivity contribution in [1.82, 2.24) is 10.2 Å². The highest BCUT2D eigenvalue weighted by atomic mass is 16.4. The number of nitrogen functional groups attached to an aromatic ring is 1. The van der Waals surface area contributed by atoms with E-state index in [-0.39, 0.29) is 6.01 Å². The molecule has 5 aromatic rings. The smallest absolute Gasteiger partial charge is 0.313 e. The highest BCUT2D eigenvalue weighted by Crippen LogP contribution is 2.38. The predicted octanol–water partition coefficient (Wildman–Crippen LogP) is 4.22. The zero-order valence-electron chi connectivity index (χ0n) is 11.6. The van der Waals surface area contributed by atoms with Crippen molar-refractivity contribution in [1.29, 1.82) is 0 Å². The van der Waals surface area contributed by atoms with E-state index < -0.39 is 0 Å². The molecule has 5 rings (SSSR count). The maximum atomic E-state index is 5.56. The molecule has 0 amide bonds. The van der Waals surface area contributed by atoms with Crippen molar-refractivity contribution >= 4 is 38.3 Å². The molecule has 0 bridgehead atoms. The number of rotatable bonds is 1. The highest BCUT2D eigenvalue weighted by molar-refractivity contribution is 6.25. The standard InChI is InChI=1S/C18H11N3O/c19-18-21-20-17(22-18)14-9-7-12-5-4-10-2-1-3-11-6-8-13(14)16(12)15(10)11/h1-9H,(H2,19,21). The van der Waals surface area contributed by atoms with Crippen LogP contribution in [-0.4, -0.2) is 10.2 Å². The Morgan fingerprint density at radius 1 is 0.727 bits per heavy atom. The number of aromatic nitrogens is 2. The van der Waals surface area contributed by atoms with Crippen LogP contribution in [0.2, 0.25) is 0 Å². The van der Waals surface area contributed by atoms with Gasteiger partial charge in [-0.2, -0.15) is 0 Å². The van der Waals surface area contributed by atoms with Gasteiger partial charge in [0.15, 0.2) is 0 Å². The molecular formula is C18H11N3O. The lowest BCUT2D eigenvalue weighted by molar-refractivity contribution is 0.591. The molecular weight excluding hydrogens is 274 g/mol. The Bertz CT molecular complexity index is 1130. The summed E-state index contributed by atoms with van der Waals surface area (Å²) in [6, 6.07) is 19.1. The second kappa shape index (κ2) is 3.95. The first-order valence-corrected chi connectivity index (χ1v) is 7.07. The highest BCUT2D eigenvalue weighted by Gasteiger charge is 2.14. The van der Waals surface area contributed by atoms with Gasteiger partial charge in [-0.25, -0.2) is 0 Å². The van der Waals surface area contributed by atoms with E-state index in [9.17, 15) is 0 Å². The molecule has 0 unspecified atom stereocenters. The van der Waals surface area contributed by atoms with Crippen LogP contribution in [0.15, 0.2) is 59.0 Å². The zero-order valence-corrected chi connectivity index (χ0v) is 11.6. The number of nitrogens with zero attached hydrogens (tertiary/aromatic N) is 2. The minimum atomic E-state index is 0.0840. The third-order valence-electron chi connectivity index (χ3n) is 4.20. The lowest BCUT2D eigenvalue weighted by Gasteiger charge is -2.12. The van der Waals surface area contributed by atoms with Crippen LogP contribution in [0.5, 0.6) is 0 Å². The quantitative estimate of drug-likeness (QED) is 0.468. The van der Waals surface area contributed by atoms with Crippen LogP contribution >= 0.6 is 0 Å². The first-order valence-electron chi connectivity index (χ1n) is 7.07. The summed E-state index contributed by atoms with van der Waals surface area (Å²) in [7, 11) is 0. The van der Waals surface area contributed by atoms with Crippen LogP contribution in [0, 0.1) is 0 Å². The Morgan fingerprint density at radius 3 is 2.14 bits per heavy atom. The van der Waals surface area contributed by atoms with E-state index in [2.05, 4.69) is 58.7 Å². The summed E-state index contributed by atoms with van der Waals surface area (Å²) in [5, 5.41) is 15.1. The molecule has 0 atom stereocenters. The second-order valence-electron chi connectivity index (χ2n) is 5.41. The number of hydrogen-bond acceptors (Lipinski definition) is 4. The fourth-order valence-corrected chi connectivity index (χ4v) is 3.27. The second-order valence-corrected chi connectivity index (χ2v) is 5.41. The Hall–Kier alpha value is -3.14. The monoisotopic (exact) mass is 285 g/mol. The molecule has 4 heteroatoms. The van der Waals surface area contributed by atoms with Gasteiger partial charge in [0.05, 0.1) is 0 Å². The summed E-state index contributed by atoms with van der Waals surface area (Å²) in [5.41, 5.74) is 6.48. The van der Waals surface area contributed by atoms with Crippen molar-refractivity contribution in [3.05, 3.63) is 54.6 Å². The minimum absolute atomic E-state index is 0.0840. The number of benzene rings is 4. The van der Waals surface area contributed by atoms with Crippen molar-refractivity contribution < 1.29 is 4.42 Å². The van der Waals surface area contributed by atoms with Crippen molar-refractivity contribution in [3.63, 3.8) is 0 Å². The molecule has 4 aromatic carbocycles. The first-order chi connectivity index (χ1) is 10.8. The Kier molecular flexibility index (Phi) is 2.07. The van der Waals surface area contributed by atoms with Gasteiger partial charge >= 0.3 is 6.01 Å². The summed E-state index contributed by atoms with van der Waals surface area (Å²) < 4.78 is 5.42. The molecule has 4 nitrogen and oxygen atoms in total. The van der Waals surface area contributed by atoms with Gasteiger partial charge in [-0.15, -0.1) is 5.10 Å². The number of hydrogen-bond donors (Lipinski definition) is 1. The minimum Gasteiger partial charge on any atom is -0.404 e. The molecule has 1 aromatic heterocycles. The van der Waals surface area contributed by atoms with Crippen LogP contribution in [0.25, 0.3) is 43.8 Å². The van der Waals surface area contributed by atoms with E-state index in [1.807, 2.05) is 6.07 Å². The fraction of sp³-hybridized carbons (Fsp3) is 0. The molecule has 0 aliphatic rings. The lowest BCUT2D eigenvalue weighted by Crippen LogP contribution is -1.87. The third-order valence-corrected chi connectivity index (χ3v) is 4.20. The van der Waals surface area contributed by atoms with E-state index in [0.29, 0.717) is 5.89 Å². The maximum absolute atomic E-state index is 5.56. The van der Waals surface area contributed by atoms with E-state index >= 15 is 0 Å². The molecule has 104 valence electrons. The third kappa shape index (κ3) is 1.41. The number of anilines is 1. The first kappa shape index (κ1) is 11.5. The molecule has 0 spiro atoms. The van der Waals surface area contributed by atoms with E-state index in [0.717, 1.165) is 10.9 Å². The Labute approximate surface area is 125 Å². The van der Waals surface area contributed by atoms with E-state index in [4.69, 9.17) is 10.2 Å². The van der Waals surface area contributed by atoms with E-state index in [1.165, 1.54) is 26.9 Å². The van der Waals surface area contributed by atoms with E-state index in [1.54, 1.807) is 0 Å². The normalized spacial score (nSPS) is 11.8. The summed E-state index contributed by atoms with van der Waals surface area (Å²) in [5.74, 6) is 0.454. The van der Waals surface area contributed by atoms with Crippen molar-refractivity contribution in [2.24, 2.45) is 0 Å². The van der Waals surface area contributed by atoms with Gasteiger partial charge in [-0.05, 0) is 38.4 Å². The molecule has 0 saturated carbocycles. The summed E-state index contributed by atoms with van der Waals surface area (Å²) in [6.45, 7) is 0. The molecule has 0 aliphatic carbocycles. The van der Waals surface area contributed by atoms with Gasteiger partial charge in [-0.1, -0.05) is 53.6 Å². The van der Waals surface area contributed by atoms with Crippen LogP contribution in [0.3, 0.4) is 0 Å². The van der Waals surface area contributed by atoms with Crippen LogP contribution < -0.4 is 5.73 Å². The summed E-state index contributed by atoms with van der Waals surface area (Å²) in [4.78, 5) is 0. The zero-order chi connectivity index (χ0) is 14.7. The van der Waals surface area contributed by atoms with Crippen LogP contribution in [0.1, 0.15) is 0 Å². The van der Waals surface area contributed by atoms with Crippen LogP contribution in [-0.2, 0) is 0 Å². The van der Waals surface area contributed by atoms with Gasteiger partial charge in [-0.3, -0.25) is 0 Å². The molecule has 0 aliphatic heterocycles. The van der Waals surface area contributed by atoms with Crippen molar-refractivity contribution in [2.45, 2.75) is 0 Å². The van der Waals surface area contributed by atoms with Crippen molar-refractivity contribution in [3.8, 4) is 11.5 Å². The van der Waals surface area contributed by atoms with Gasteiger partial charge < -0.3 is 10.2 Å². The fourth-order valence-electron chi connectivity index (χ4n) is 3.27. The van der Waals surface area contributed by atoms with Crippen molar-refractivity contribution in [2.75, 3.05) is 5.73 Å². The maximum Gasteiger partial charge on any atom is 0.313 e. The molecule has 22 heavy (non-hydrogen) atoms.